The lowest BCUT2D eigenvalue weighted by Gasteiger charge is -2.11. The van der Waals surface area contributed by atoms with Crippen LogP contribution >= 0.6 is 0 Å². The van der Waals surface area contributed by atoms with Gasteiger partial charge in [0.1, 0.15) is 5.82 Å². The maximum absolute atomic E-state index is 9.02. The Kier molecular flexibility index (Phi) is 5.53. The second-order valence-electron chi connectivity index (χ2n) is 5.69. The second kappa shape index (κ2) is 8.21. The number of nitrogens with zero attached hydrogens (tertiary/aromatic N) is 3. The molecule has 0 saturated carbocycles. The van der Waals surface area contributed by atoms with Crippen molar-refractivity contribution in [2.45, 2.75) is 13.5 Å². The highest BCUT2D eigenvalue weighted by atomic mass is 16.3. The van der Waals surface area contributed by atoms with Gasteiger partial charge in [-0.2, -0.15) is 4.98 Å². The van der Waals surface area contributed by atoms with Crippen LogP contribution in [0.25, 0.3) is 11.3 Å². The molecule has 0 amide bonds. The number of aliphatic hydroxyl groups is 1. The van der Waals surface area contributed by atoms with E-state index in [-0.39, 0.29) is 6.61 Å². The minimum atomic E-state index is 0.0227. The fourth-order valence-corrected chi connectivity index (χ4v) is 2.47. The minimum absolute atomic E-state index is 0.0227. The summed E-state index contributed by atoms with van der Waals surface area (Å²) < 4.78 is 0. The van der Waals surface area contributed by atoms with Crippen LogP contribution in [0, 0.1) is 6.92 Å². The second-order valence-corrected chi connectivity index (χ2v) is 5.69. The standard InChI is InChI=1S/C19H21N5O/c1-14-3-2-4-15(11-14)13-22-18-12-17(16-5-7-20-8-6-16)23-19(24-18)21-9-10-25/h2-8,11-12,25H,9-10,13H2,1H3,(H2,21,22,23,24). The Morgan fingerprint density at radius 3 is 2.60 bits per heavy atom. The predicted octanol–water partition coefficient (Wildman–Crippen LogP) is 2.86. The molecule has 128 valence electrons. The quantitative estimate of drug-likeness (QED) is 0.616. The number of rotatable bonds is 7. The summed E-state index contributed by atoms with van der Waals surface area (Å²) in [5, 5.41) is 15.4. The lowest BCUT2D eigenvalue weighted by molar-refractivity contribution is 0.311. The molecule has 3 rings (SSSR count). The van der Waals surface area contributed by atoms with E-state index in [0.29, 0.717) is 19.0 Å². The number of nitrogens with one attached hydrogen (secondary N) is 2. The van der Waals surface area contributed by atoms with Crippen molar-refractivity contribution in [1.82, 2.24) is 15.0 Å². The van der Waals surface area contributed by atoms with E-state index in [1.165, 1.54) is 11.1 Å². The predicted molar refractivity (Wildman–Crippen MR) is 99.3 cm³/mol. The van der Waals surface area contributed by atoms with Gasteiger partial charge in [-0.25, -0.2) is 4.98 Å². The molecule has 0 atom stereocenters. The van der Waals surface area contributed by atoms with E-state index in [9.17, 15) is 0 Å². The van der Waals surface area contributed by atoms with Crippen LogP contribution in [0.15, 0.2) is 54.9 Å². The first kappa shape index (κ1) is 16.9. The van der Waals surface area contributed by atoms with Crippen molar-refractivity contribution in [2.24, 2.45) is 0 Å². The van der Waals surface area contributed by atoms with Crippen molar-refractivity contribution in [3.8, 4) is 11.3 Å². The van der Waals surface area contributed by atoms with Gasteiger partial charge in [-0.05, 0) is 24.6 Å². The van der Waals surface area contributed by atoms with Gasteiger partial charge in [-0.15, -0.1) is 0 Å². The van der Waals surface area contributed by atoms with Crippen LogP contribution in [0.5, 0.6) is 0 Å². The Balaban J connectivity index is 1.84. The van der Waals surface area contributed by atoms with Gasteiger partial charge in [0, 0.05) is 37.1 Å². The number of hydrogen-bond donors (Lipinski definition) is 3. The molecule has 0 aliphatic rings. The van der Waals surface area contributed by atoms with E-state index in [4.69, 9.17) is 5.11 Å². The molecule has 25 heavy (non-hydrogen) atoms. The van der Waals surface area contributed by atoms with Gasteiger partial charge in [0.15, 0.2) is 0 Å². The highest BCUT2D eigenvalue weighted by Crippen LogP contribution is 2.21. The van der Waals surface area contributed by atoms with Crippen LogP contribution in [-0.2, 0) is 6.54 Å². The van der Waals surface area contributed by atoms with Gasteiger partial charge in [-0.3, -0.25) is 4.98 Å². The molecule has 0 bridgehead atoms. The average Bonchev–Trinajstić information content (AvgIpc) is 2.65. The van der Waals surface area contributed by atoms with Crippen molar-refractivity contribution in [1.29, 1.82) is 0 Å². The molecule has 0 saturated heterocycles. The van der Waals surface area contributed by atoms with Gasteiger partial charge < -0.3 is 15.7 Å². The highest BCUT2D eigenvalue weighted by molar-refractivity contribution is 5.63. The monoisotopic (exact) mass is 335 g/mol. The Labute approximate surface area is 147 Å². The summed E-state index contributed by atoms with van der Waals surface area (Å²) >= 11 is 0. The number of benzene rings is 1. The lowest BCUT2D eigenvalue weighted by Crippen LogP contribution is -2.11. The Bertz CT molecular complexity index is 823. The molecular weight excluding hydrogens is 314 g/mol. The molecule has 0 spiro atoms. The normalized spacial score (nSPS) is 10.5. The van der Waals surface area contributed by atoms with Crippen LogP contribution in [0.1, 0.15) is 11.1 Å². The van der Waals surface area contributed by atoms with Gasteiger partial charge in [0.2, 0.25) is 5.95 Å². The van der Waals surface area contributed by atoms with Crippen molar-refractivity contribution < 1.29 is 5.11 Å². The summed E-state index contributed by atoms with van der Waals surface area (Å²) in [6, 6.07) is 14.1. The molecule has 6 nitrogen and oxygen atoms in total. The van der Waals surface area contributed by atoms with Gasteiger partial charge in [0.25, 0.3) is 0 Å². The minimum Gasteiger partial charge on any atom is -0.395 e. The molecule has 0 radical (unpaired) electrons. The van der Waals surface area contributed by atoms with Crippen LogP contribution in [0.3, 0.4) is 0 Å². The molecule has 0 fully saturated rings. The maximum Gasteiger partial charge on any atom is 0.225 e. The van der Waals surface area contributed by atoms with E-state index in [2.05, 4.69) is 50.7 Å². The first-order chi connectivity index (χ1) is 12.2. The van der Waals surface area contributed by atoms with Crippen molar-refractivity contribution in [2.75, 3.05) is 23.8 Å². The SMILES string of the molecule is Cc1cccc(CNc2cc(-c3ccncc3)nc(NCCO)n2)c1. The summed E-state index contributed by atoms with van der Waals surface area (Å²) in [7, 11) is 0. The summed E-state index contributed by atoms with van der Waals surface area (Å²) in [6.45, 7) is 3.17. The van der Waals surface area contributed by atoms with E-state index < -0.39 is 0 Å². The molecule has 6 heteroatoms. The van der Waals surface area contributed by atoms with Crippen molar-refractivity contribution in [3.05, 3.63) is 66.0 Å². The fraction of sp³-hybridized carbons (Fsp3) is 0.211. The molecule has 2 aromatic heterocycles. The highest BCUT2D eigenvalue weighted by Gasteiger charge is 2.07. The zero-order chi connectivity index (χ0) is 17.5. The third-order valence-corrected chi connectivity index (χ3v) is 3.65. The van der Waals surface area contributed by atoms with E-state index in [1.54, 1.807) is 12.4 Å². The van der Waals surface area contributed by atoms with Crippen LogP contribution in [0.2, 0.25) is 0 Å². The molecule has 0 unspecified atom stereocenters. The zero-order valence-corrected chi connectivity index (χ0v) is 14.1. The van der Waals surface area contributed by atoms with Gasteiger partial charge in [0.05, 0.1) is 12.3 Å². The van der Waals surface area contributed by atoms with E-state index in [1.807, 2.05) is 24.3 Å². The zero-order valence-electron chi connectivity index (χ0n) is 14.1. The number of aryl methyl sites for hydroxylation is 1. The number of aromatic nitrogens is 3. The number of anilines is 2. The summed E-state index contributed by atoms with van der Waals surface area (Å²) in [5.41, 5.74) is 4.17. The molecule has 0 aliphatic carbocycles. The Morgan fingerprint density at radius 2 is 1.84 bits per heavy atom. The van der Waals surface area contributed by atoms with Crippen LogP contribution in [0.4, 0.5) is 11.8 Å². The molecule has 3 N–H and O–H groups in total. The topological polar surface area (TPSA) is 83.0 Å². The fourth-order valence-electron chi connectivity index (χ4n) is 2.47. The number of pyridine rings is 1. The summed E-state index contributed by atoms with van der Waals surface area (Å²) in [5.74, 6) is 1.21. The van der Waals surface area contributed by atoms with Gasteiger partial charge >= 0.3 is 0 Å². The molecule has 2 heterocycles. The lowest BCUT2D eigenvalue weighted by atomic mass is 10.1. The first-order valence-corrected chi connectivity index (χ1v) is 8.18. The number of hydrogen-bond acceptors (Lipinski definition) is 6. The van der Waals surface area contributed by atoms with Crippen LogP contribution in [-0.4, -0.2) is 33.2 Å². The first-order valence-electron chi connectivity index (χ1n) is 8.18. The molecule has 3 aromatic rings. The summed E-state index contributed by atoms with van der Waals surface area (Å²) in [6.07, 6.45) is 3.47. The Hall–Kier alpha value is -2.99. The van der Waals surface area contributed by atoms with Crippen molar-refractivity contribution in [3.63, 3.8) is 0 Å². The average molecular weight is 335 g/mol. The molecular formula is C19H21N5O. The third kappa shape index (κ3) is 4.74. The Morgan fingerprint density at radius 1 is 1.00 bits per heavy atom. The molecule has 0 aliphatic heterocycles. The maximum atomic E-state index is 9.02. The largest absolute Gasteiger partial charge is 0.395 e. The smallest absolute Gasteiger partial charge is 0.225 e. The number of aliphatic hydroxyl groups excluding tert-OH is 1. The van der Waals surface area contributed by atoms with Gasteiger partial charge in [-0.1, -0.05) is 29.8 Å². The van der Waals surface area contributed by atoms with Crippen molar-refractivity contribution >= 4 is 11.8 Å². The van der Waals surface area contributed by atoms with Crippen LogP contribution < -0.4 is 10.6 Å². The third-order valence-electron chi connectivity index (χ3n) is 3.65. The summed E-state index contributed by atoms with van der Waals surface area (Å²) in [4.78, 5) is 13.0. The molecule has 1 aromatic carbocycles. The van der Waals surface area contributed by atoms with E-state index >= 15 is 0 Å². The van der Waals surface area contributed by atoms with E-state index in [0.717, 1.165) is 17.1 Å².